The Hall–Kier alpha value is -2.00. The van der Waals surface area contributed by atoms with Gasteiger partial charge in [-0.25, -0.2) is 0 Å². The molecule has 0 aliphatic carbocycles. The number of hydrazone groups is 1. The summed E-state index contributed by atoms with van der Waals surface area (Å²) < 4.78 is 0. The zero-order valence-corrected chi connectivity index (χ0v) is 9.82. The molecule has 0 aromatic heterocycles. The number of nitrogens with zero attached hydrogens (tertiary/aromatic N) is 5. The van der Waals surface area contributed by atoms with Gasteiger partial charge in [-0.1, -0.05) is 35.4 Å². The van der Waals surface area contributed by atoms with Crippen molar-refractivity contribution in [3.8, 4) is 0 Å². The van der Waals surface area contributed by atoms with Crippen LogP contribution < -0.4 is 0 Å². The van der Waals surface area contributed by atoms with Gasteiger partial charge < -0.3 is 0 Å². The smallest absolute Gasteiger partial charge is 0.0698 e. The van der Waals surface area contributed by atoms with Gasteiger partial charge in [0.25, 0.3) is 0 Å². The minimum absolute atomic E-state index is 0.374. The molecule has 1 aromatic carbocycles. The summed E-state index contributed by atoms with van der Waals surface area (Å²) in [5, 5.41) is 10.1. The van der Waals surface area contributed by atoms with Crippen LogP contribution in [0.3, 0.4) is 0 Å². The van der Waals surface area contributed by atoms with Gasteiger partial charge in [-0.05, 0) is 18.0 Å². The molecule has 1 aliphatic heterocycles. The van der Waals surface area contributed by atoms with Crippen molar-refractivity contribution < 1.29 is 0 Å². The SMILES string of the molecule is CC1CC(c2ccccc2)=NN1CCN=[N+]=[N-]. The summed E-state index contributed by atoms with van der Waals surface area (Å²) in [6, 6.07) is 10.6. The summed E-state index contributed by atoms with van der Waals surface area (Å²) in [6.45, 7) is 3.28. The molecule has 0 N–H and O–H groups in total. The predicted molar refractivity (Wildman–Crippen MR) is 67.8 cm³/mol. The first-order chi connectivity index (χ1) is 8.31. The van der Waals surface area contributed by atoms with Crippen LogP contribution in [0.5, 0.6) is 0 Å². The maximum atomic E-state index is 8.24. The van der Waals surface area contributed by atoms with Crippen LogP contribution in [0, 0.1) is 0 Å². The quantitative estimate of drug-likeness (QED) is 0.444. The zero-order chi connectivity index (χ0) is 12.1. The minimum atomic E-state index is 0.374. The Morgan fingerprint density at radius 3 is 2.94 bits per heavy atom. The third-order valence-electron chi connectivity index (χ3n) is 2.85. The van der Waals surface area contributed by atoms with E-state index in [1.807, 2.05) is 23.2 Å². The van der Waals surface area contributed by atoms with Crippen LogP contribution in [0.1, 0.15) is 18.9 Å². The fourth-order valence-corrected chi connectivity index (χ4v) is 1.95. The lowest BCUT2D eigenvalue weighted by Gasteiger charge is -2.18. The minimum Gasteiger partial charge on any atom is -0.293 e. The highest BCUT2D eigenvalue weighted by atomic mass is 15.5. The van der Waals surface area contributed by atoms with E-state index in [1.165, 1.54) is 5.56 Å². The van der Waals surface area contributed by atoms with Crippen molar-refractivity contribution in [2.24, 2.45) is 10.2 Å². The third-order valence-corrected chi connectivity index (χ3v) is 2.85. The molecular weight excluding hydrogens is 214 g/mol. The van der Waals surface area contributed by atoms with Crippen LogP contribution in [0.4, 0.5) is 0 Å². The normalized spacial score (nSPS) is 18.8. The summed E-state index contributed by atoms with van der Waals surface area (Å²) >= 11 is 0. The van der Waals surface area contributed by atoms with Crippen LogP contribution in [0.2, 0.25) is 0 Å². The van der Waals surface area contributed by atoms with Crippen molar-refractivity contribution >= 4 is 5.71 Å². The average molecular weight is 229 g/mol. The van der Waals surface area contributed by atoms with E-state index in [0.29, 0.717) is 19.1 Å². The number of hydrogen-bond donors (Lipinski definition) is 0. The second-order valence-electron chi connectivity index (χ2n) is 4.08. The van der Waals surface area contributed by atoms with Gasteiger partial charge in [0.1, 0.15) is 0 Å². The molecule has 1 aromatic rings. The lowest BCUT2D eigenvalue weighted by Crippen LogP contribution is -2.25. The first-order valence-corrected chi connectivity index (χ1v) is 5.71. The molecule has 0 bridgehead atoms. The fraction of sp³-hybridized carbons (Fsp3) is 0.417. The molecule has 0 spiro atoms. The van der Waals surface area contributed by atoms with Crippen molar-refractivity contribution in [2.75, 3.05) is 13.1 Å². The van der Waals surface area contributed by atoms with E-state index in [9.17, 15) is 0 Å². The molecule has 88 valence electrons. The Labute approximate surface area is 100 Å². The van der Waals surface area contributed by atoms with Gasteiger partial charge in [0.15, 0.2) is 0 Å². The lowest BCUT2D eigenvalue weighted by atomic mass is 10.1. The first-order valence-electron chi connectivity index (χ1n) is 5.71. The monoisotopic (exact) mass is 229 g/mol. The van der Waals surface area contributed by atoms with Crippen molar-refractivity contribution in [1.29, 1.82) is 0 Å². The maximum absolute atomic E-state index is 8.24. The van der Waals surface area contributed by atoms with Gasteiger partial charge in [-0.2, -0.15) is 5.10 Å². The highest BCUT2D eigenvalue weighted by molar-refractivity contribution is 6.01. The van der Waals surface area contributed by atoms with Crippen LogP contribution in [0.15, 0.2) is 40.5 Å². The number of azide groups is 1. The highest BCUT2D eigenvalue weighted by Crippen LogP contribution is 2.19. The van der Waals surface area contributed by atoms with Crippen molar-refractivity contribution in [2.45, 2.75) is 19.4 Å². The fourth-order valence-electron chi connectivity index (χ4n) is 1.95. The Bertz CT molecular complexity index is 447. The number of hydrogen-bond acceptors (Lipinski definition) is 3. The molecule has 5 heteroatoms. The van der Waals surface area contributed by atoms with E-state index in [2.05, 4.69) is 34.2 Å². The van der Waals surface area contributed by atoms with E-state index in [1.54, 1.807) is 0 Å². The summed E-state index contributed by atoms with van der Waals surface area (Å²) in [7, 11) is 0. The number of rotatable bonds is 4. The molecule has 1 aliphatic rings. The molecular formula is C12H15N5. The molecule has 0 saturated carbocycles. The molecule has 0 saturated heterocycles. The first kappa shape index (κ1) is 11.5. The van der Waals surface area contributed by atoms with E-state index in [0.717, 1.165) is 12.1 Å². The van der Waals surface area contributed by atoms with Gasteiger partial charge in [0, 0.05) is 30.5 Å². The second kappa shape index (κ2) is 5.37. The average Bonchev–Trinajstić information content (AvgIpc) is 2.73. The summed E-state index contributed by atoms with van der Waals surface area (Å²) in [5.74, 6) is 0. The van der Waals surface area contributed by atoms with Crippen LogP contribution in [-0.4, -0.2) is 29.9 Å². The standard InChI is InChI=1S/C12H15N5/c1-10-9-12(11-5-3-2-4-6-11)15-17(10)8-7-14-16-13/h2-6,10H,7-9H2,1H3. The Kier molecular flexibility index (Phi) is 3.62. The second-order valence-corrected chi connectivity index (χ2v) is 4.08. The molecule has 2 rings (SSSR count). The Morgan fingerprint density at radius 1 is 1.47 bits per heavy atom. The Balaban J connectivity index is 2.06. The van der Waals surface area contributed by atoms with E-state index in [-0.39, 0.29) is 0 Å². The topological polar surface area (TPSA) is 64.4 Å². The van der Waals surface area contributed by atoms with Crippen molar-refractivity contribution in [3.05, 3.63) is 46.3 Å². The largest absolute Gasteiger partial charge is 0.293 e. The summed E-state index contributed by atoms with van der Waals surface area (Å²) in [4.78, 5) is 2.75. The van der Waals surface area contributed by atoms with E-state index in [4.69, 9.17) is 5.53 Å². The van der Waals surface area contributed by atoms with E-state index >= 15 is 0 Å². The van der Waals surface area contributed by atoms with Crippen LogP contribution in [-0.2, 0) is 0 Å². The van der Waals surface area contributed by atoms with Crippen molar-refractivity contribution in [3.63, 3.8) is 0 Å². The highest BCUT2D eigenvalue weighted by Gasteiger charge is 2.22. The maximum Gasteiger partial charge on any atom is 0.0698 e. The molecule has 17 heavy (non-hydrogen) atoms. The lowest BCUT2D eigenvalue weighted by molar-refractivity contribution is 0.252. The number of benzene rings is 1. The van der Waals surface area contributed by atoms with E-state index < -0.39 is 0 Å². The van der Waals surface area contributed by atoms with Gasteiger partial charge in [-0.15, -0.1) is 0 Å². The van der Waals surface area contributed by atoms with Gasteiger partial charge >= 0.3 is 0 Å². The molecule has 1 atom stereocenters. The zero-order valence-electron chi connectivity index (χ0n) is 9.82. The third kappa shape index (κ3) is 2.77. The molecule has 0 amide bonds. The summed E-state index contributed by atoms with van der Waals surface area (Å²) in [6.07, 6.45) is 0.945. The molecule has 0 fully saturated rings. The Morgan fingerprint density at radius 2 is 2.24 bits per heavy atom. The molecule has 1 heterocycles. The van der Waals surface area contributed by atoms with Gasteiger partial charge in [0.05, 0.1) is 5.71 Å². The molecule has 1 unspecified atom stereocenters. The molecule has 5 nitrogen and oxygen atoms in total. The molecule has 0 radical (unpaired) electrons. The predicted octanol–water partition coefficient (Wildman–Crippen LogP) is 2.80. The van der Waals surface area contributed by atoms with Gasteiger partial charge in [-0.3, -0.25) is 5.01 Å². The van der Waals surface area contributed by atoms with Crippen molar-refractivity contribution in [1.82, 2.24) is 5.01 Å². The summed E-state index contributed by atoms with van der Waals surface area (Å²) in [5.41, 5.74) is 10.5. The van der Waals surface area contributed by atoms with Crippen LogP contribution >= 0.6 is 0 Å². The van der Waals surface area contributed by atoms with Gasteiger partial charge in [0.2, 0.25) is 0 Å². The van der Waals surface area contributed by atoms with Crippen LogP contribution in [0.25, 0.3) is 10.4 Å².